The van der Waals surface area contributed by atoms with Gasteiger partial charge in [-0.1, -0.05) is 106 Å². The van der Waals surface area contributed by atoms with E-state index in [9.17, 15) is 9.59 Å². The second-order valence-electron chi connectivity index (χ2n) is 9.34. The van der Waals surface area contributed by atoms with Crippen LogP contribution in [0.3, 0.4) is 0 Å². The third kappa shape index (κ3) is 7.98. The van der Waals surface area contributed by atoms with Crippen LogP contribution < -0.4 is 10.1 Å². The second kappa shape index (κ2) is 14.1. The van der Waals surface area contributed by atoms with Crippen molar-refractivity contribution in [2.45, 2.75) is 58.5 Å². The maximum absolute atomic E-state index is 13.7. The van der Waals surface area contributed by atoms with Crippen LogP contribution in [0.15, 0.2) is 84.9 Å². The Labute approximate surface area is 215 Å². The molecule has 0 saturated carbocycles. The molecule has 1 N–H and O–H groups in total. The molecule has 5 heteroatoms. The number of benzene rings is 3. The summed E-state index contributed by atoms with van der Waals surface area (Å²) in [6.07, 6.45) is 2.31. The highest BCUT2D eigenvalue weighted by molar-refractivity contribution is 5.88. The second-order valence-corrected chi connectivity index (χ2v) is 9.34. The third-order valence-corrected chi connectivity index (χ3v) is 6.19. The van der Waals surface area contributed by atoms with Crippen molar-refractivity contribution in [3.8, 4) is 5.75 Å². The Balaban J connectivity index is 1.88. The summed E-state index contributed by atoms with van der Waals surface area (Å²) in [6.45, 7) is 7.07. The fourth-order valence-electron chi connectivity index (χ4n) is 4.15. The van der Waals surface area contributed by atoms with Crippen LogP contribution in [0.4, 0.5) is 0 Å². The van der Waals surface area contributed by atoms with Gasteiger partial charge in [-0.05, 0) is 35.1 Å². The van der Waals surface area contributed by atoms with Crippen molar-refractivity contribution in [3.63, 3.8) is 0 Å². The first-order valence-electron chi connectivity index (χ1n) is 12.9. The number of carbonyl (C=O) groups is 2. The molecule has 0 heterocycles. The molecule has 0 unspecified atom stereocenters. The zero-order valence-electron chi connectivity index (χ0n) is 21.7. The minimum Gasteiger partial charge on any atom is -0.483 e. The van der Waals surface area contributed by atoms with Crippen LogP contribution in [0, 0.1) is 0 Å². The molecule has 36 heavy (non-hydrogen) atoms. The van der Waals surface area contributed by atoms with Crippen molar-refractivity contribution in [1.29, 1.82) is 0 Å². The van der Waals surface area contributed by atoms with E-state index in [1.54, 1.807) is 4.90 Å². The molecular weight excluding hydrogens is 448 g/mol. The maximum Gasteiger partial charge on any atom is 0.261 e. The van der Waals surface area contributed by atoms with Crippen LogP contribution in [-0.4, -0.2) is 35.9 Å². The van der Waals surface area contributed by atoms with Gasteiger partial charge in [0.2, 0.25) is 5.91 Å². The molecule has 3 rings (SSSR count). The molecule has 0 fully saturated rings. The summed E-state index contributed by atoms with van der Waals surface area (Å²) in [5.74, 6) is 0.613. The fourth-order valence-corrected chi connectivity index (χ4v) is 4.15. The van der Waals surface area contributed by atoms with Gasteiger partial charge in [-0.2, -0.15) is 0 Å². The molecule has 3 aromatic carbocycles. The van der Waals surface area contributed by atoms with Gasteiger partial charge < -0.3 is 15.0 Å². The highest BCUT2D eigenvalue weighted by atomic mass is 16.5. The summed E-state index contributed by atoms with van der Waals surface area (Å²) < 4.78 is 6.03. The summed E-state index contributed by atoms with van der Waals surface area (Å²) >= 11 is 0. The number of nitrogens with one attached hydrogen (secondary N) is 1. The summed E-state index contributed by atoms with van der Waals surface area (Å²) in [5, 5.41) is 3.05. The van der Waals surface area contributed by atoms with Crippen LogP contribution in [-0.2, 0) is 22.6 Å². The predicted octanol–water partition coefficient (Wildman–Crippen LogP) is 5.75. The van der Waals surface area contributed by atoms with E-state index in [0.29, 0.717) is 25.3 Å². The molecule has 2 amide bonds. The Morgan fingerprint density at radius 2 is 1.47 bits per heavy atom. The van der Waals surface area contributed by atoms with Crippen molar-refractivity contribution < 1.29 is 14.3 Å². The van der Waals surface area contributed by atoms with Gasteiger partial charge in [0.05, 0.1) is 0 Å². The zero-order chi connectivity index (χ0) is 25.8. The van der Waals surface area contributed by atoms with Crippen molar-refractivity contribution in [1.82, 2.24) is 10.2 Å². The number of ether oxygens (including phenoxy) is 1. The average Bonchev–Trinajstić information content (AvgIpc) is 2.90. The van der Waals surface area contributed by atoms with Crippen molar-refractivity contribution >= 4 is 11.8 Å². The number of rotatable bonds is 13. The number of para-hydroxylation sites is 1. The monoisotopic (exact) mass is 486 g/mol. The van der Waals surface area contributed by atoms with E-state index >= 15 is 0 Å². The SMILES string of the molecule is CCCCNC(=O)[C@@H](Cc1ccccc1)N(Cc1ccccc1)C(=O)COc1ccccc1C(C)C. The molecule has 0 aliphatic carbocycles. The lowest BCUT2D eigenvalue weighted by atomic mass is 10.0. The van der Waals surface area contributed by atoms with Crippen molar-refractivity contribution in [2.24, 2.45) is 0 Å². The van der Waals surface area contributed by atoms with E-state index in [0.717, 1.165) is 29.5 Å². The van der Waals surface area contributed by atoms with E-state index in [1.807, 2.05) is 84.9 Å². The maximum atomic E-state index is 13.7. The molecule has 0 radical (unpaired) electrons. The van der Waals surface area contributed by atoms with E-state index in [4.69, 9.17) is 4.74 Å². The summed E-state index contributed by atoms with van der Waals surface area (Å²) in [5.41, 5.74) is 3.02. The van der Waals surface area contributed by atoms with E-state index in [-0.39, 0.29) is 24.3 Å². The first-order chi connectivity index (χ1) is 17.5. The van der Waals surface area contributed by atoms with Crippen molar-refractivity contribution in [2.75, 3.05) is 13.2 Å². The number of nitrogens with zero attached hydrogens (tertiary/aromatic N) is 1. The number of hydrogen-bond acceptors (Lipinski definition) is 3. The molecule has 0 aliphatic heterocycles. The Morgan fingerprint density at radius 3 is 2.11 bits per heavy atom. The minimum atomic E-state index is -0.652. The van der Waals surface area contributed by atoms with Gasteiger partial charge in [0.25, 0.3) is 5.91 Å². The van der Waals surface area contributed by atoms with Crippen LogP contribution >= 0.6 is 0 Å². The molecule has 0 bridgehead atoms. The van der Waals surface area contributed by atoms with Crippen LogP contribution in [0.25, 0.3) is 0 Å². The van der Waals surface area contributed by atoms with Crippen LogP contribution in [0.1, 0.15) is 56.2 Å². The van der Waals surface area contributed by atoms with E-state index < -0.39 is 6.04 Å². The van der Waals surface area contributed by atoms with Crippen molar-refractivity contribution in [3.05, 3.63) is 102 Å². The van der Waals surface area contributed by atoms with Gasteiger partial charge >= 0.3 is 0 Å². The molecule has 0 aliphatic rings. The number of unbranched alkanes of at least 4 members (excludes halogenated alkanes) is 1. The Bertz CT molecular complexity index is 1080. The van der Waals surface area contributed by atoms with Gasteiger partial charge in [-0.25, -0.2) is 0 Å². The average molecular weight is 487 g/mol. The Morgan fingerprint density at radius 1 is 0.861 bits per heavy atom. The highest BCUT2D eigenvalue weighted by Crippen LogP contribution is 2.26. The number of carbonyl (C=O) groups excluding carboxylic acids is 2. The molecular formula is C31H38N2O3. The molecule has 190 valence electrons. The van der Waals surface area contributed by atoms with Crippen LogP contribution in [0.5, 0.6) is 5.75 Å². The molecule has 3 aromatic rings. The van der Waals surface area contributed by atoms with Crippen LogP contribution in [0.2, 0.25) is 0 Å². The van der Waals surface area contributed by atoms with Gasteiger partial charge in [0, 0.05) is 19.5 Å². The minimum absolute atomic E-state index is 0.135. The van der Waals surface area contributed by atoms with Gasteiger partial charge in [0.15, 0.2) is 6.61 Å². The molecule has 0 spiro atoms. The number of amides is 2. The fraction of sp³-hybridized carbons (Fsp3) is 0.355. The third-order valence-electron chi connectivity index (χ3n) is 6.19. The highest BCUT2D eigenvalue weighted by Gasteiger charge is 2.30. The normalized spacial score (nSPS) is 11.7. The summed E-state index contributed by atoms with van der Waals surface area (Å²) in [6, 6.07) is 26.8. The molecule has 0 saturated heterocycles. The predicted molar refractivity (Wildman–Crippen MR) is 145 cm³/mol. The molecule has 5 nitrogen and oxygen atoms in total. The topological polar surface area (TPSA) is 58.6 Å². The lowest BCUT2D eigenvalue weighted by Gasteiger charge is -2.31. The summed E-state index contributed by atoms with van der Waals surface area (Å²) in [4.78, 5) is 28.8. The Kier molecular flexibility index (Phi) is 10.6. The first-order valence-corrected chi connectivity index (χ1v) is 12.9. The van der Waals surface area contributed by atoms with Gasteiger partial charge in [-0.3, -0.25) is 9.59 Å². The van der Waals surface area contributed by atoms with E-state index in [2.05, 4.69) is 26.1 Å². The summed E-state index contributed by atoms with van der Waals surface area (Å²) in [7, 11) is 0. The smallest absolute Gasteiger partial charge is 0.261 e. The van der Waals surface area contributed by atoms with Gasteiger partial charge in [0.1, 0.15) is 11.8 Å². The number of hydrogen-bond donors (Lipinski definition) is 1. The standard InChI is InChI=1S/C31H38N2O3/c1-4-5-20-32-31(35)28(21-25-14-8-6-9-15-25)33(22-26-16-10-7-11-17-26)30(34)23-36-29-19-13-12-18-27(29)24(2)3/h6-19,24,28H,4-5,20-23H2,1-3H3,(H,32,35)/t28-/m1/s1. The largest absolute Gasteiger partial charge is 0.483 e. The van der Waals surface area contributed by atoms with Gasteiger partial charge in [-0.15, -0.1) is 0 Å². The lowest BCUT2D eigenvalue weighted by molar-refractivity contribution is -0.142. The Hall–Kier alpha value is -3.60. The first kappa shape index (κ1) is 27.0. The zero-order valence-corrected chi connectivity index (χ0v) is 21.7. The molecule has 0 aromatic heterocycles. The van der Waals surface area contributed by atoms with E-state index in [1.165, 1.54) is 0 Å². The molecule has 1 atom stereocenters. The lowest BCUT2D eigenvalue weighted by Crippen LogP contribution is -2.51. The quantitative estimate of drug-likeness (QED) is 0.313.